The average molecular weight is 252 g/mol. The molecular weight excluding hydrogens is 231 g/mol. The molecule has 0 bridgehead atoms. The van der Waals surface area contributed by atoms with E-state index < -0.39 is 0 Å². The highest BCUT2D eigenvalue weighted by Gasteiger charge is 2.33. The van der Waals surface area contributed by atoms with Crippen LogP contribution in [0.25, 0.3) is 0 Å². The van der Waals surface area contributed by atoms with Crippen molar-refractivity contribution in [3.63, 3.8) is 0 Å². The monoisotopic (exact) mass is 252 g/mol. The van der Waals surface area contributed by atoms with E-state index in [9.17, 15) is 9.50 Å². The van der Waals surface area contributed by atoms with Gasteiger partial charge in [0, 0.05) is 37.7 Å². The van der Waals surface area contributed by atoms with Gasteiger partial charge in [0.05, 0.1) is 0 Å². The summed E-state index contributed by atoms with van der Waals surface area (Å²) in [6, 6.07) is 4.96. The molecular formula is C14H21FN2O. The molecule has 3 nitrogen and oxygen atoms in total. The van der Waals surface area contributed by atoms with E-state index in [0.29, 0.717) is 6.54 Å². The number of nitrogens with zero attached hydrogens (tertiary/aromatic N) is 1. The topological polar surface area (TPSA) is 49.5 Å². The molecule has 4 heteroatoms. The van der Waals surface area contributed by atoms with Crippen molar-refractivity contribution in [2.24, 2.45) is 11.1 Å². The molecule has 1 aliphatic heterocycles. The van der Waals surface area contributed by atoms with E-state index in [1.165, 1.54) is 6.07 Å². The molecule has 3 N–H and O–H groups in total. The average Bonchev–Trinajstić information content (AvgIpc) is 2.64. The van der Waals surface area contributed by atoms with E-state index in [0.717, 1.165) is 24.2 Å². The number of aliphatic hydroxyl groups excluding tert-OH is 1. The summed E-state index contributed by atoms with van der Waals surface area (Å²) in [5, 5.41) is 9.36. The summed E-state index contributed by atoms with van der Waals surface area (Å²) in [4.78, 5) is 2.22. The van der Waals surface area contributed by atoms with Gasteiger partial charge in [0.2, 0.25) is 0 Å². The molecule has 1 aliphatic rings. The highest BCUT2D eigenvalue weighted by atomic mass is 19.1. The van der Waals surface area contributed by atoms with Gasteiger partial charge in [0.15, 0.2) is 0 Å². The molecule has 2 rings (SSSR count). The lowest BCUT2D eigenvalue weighted by Crippen LogP contribution is -2.37. The zero-order chi connectivity index (χ0) is 13.3. The van der Waals surface area contributed by atoms with Crippen molar-refractivity contribution in [1.82, 2.24) is 4.90 Å². The number of halogens is 1. The molecule has 0 saturated carbocycles. The smallest absolute Gasteiger partial charge is 0.123 e. The lowest BCUT2D eigenvalue weighted by Gasteiger charge is -2.32. The van der Waals surface area contributed by atoms with Gasteiger partial charge in [-0.15, -0.1) is 0 Å². The van der Waals surface area contributed by atoms with Gasteiger partial charge in [-0.25, -0.2) is 4.39 Å². The van der Waals surface area contributed by atoms with Crippen molar-refractivity contribution in [1.29, 1.82) is 0 Å². The predicted molar refractivity (Wildman–Crippen MR) is 69.5 cm³/mol. The van der Waals surface area contributed by atoms with E-state index in [-0.39, 0.29) is 23.9 Å². The van der Waals surface area contributed by atoms with Crippen molar-refractivity contribution in [3.05, 3.63) is 35.1 Å². The third-order valence-electron chi connectivity index (χ3n) is 3.56. The minimum absolute atomic E-state index is 0.0570. The van der Waals surface area contributed by atoms with Crippen molar-refractivity contribution in [3.8, 4) is 0 Å². The summed E-state index contributed by atoms with van der Waals surface area (Å²) in [6.45, 7) is 6.17. The lowest BCUT2D eigenvalue weighted by atomic mass is 9.93. The molecule has 0 radical (unpaired) electrons. The molecule has 0 amide bonds. The van der Waals surface area contributed by atoms with Gasteiger partial charge in [-0.3, -0.25) is 4.90 Å². The normalized spacial score (nSPS) is 20.2. The number of benzene rings is 1. The number of hydrogen-bond donors (Lipinski definition) is 2. The van der Waals surface area contributed by atoms with E-state index in [1.807, 2.05) is 19.9 Å². The van der Waals surface area contributed by atoms with Gasteiger partial charge in [-0.2, -0.15) is 0 Å². The third kappa shape index (κ3) is 2.55. The van der Waals surface area contributed by atoms with Crippen LogP contribution in [0.2, 0.25) is 0 Å². The summed E-state index contributed by atoms with van der Waals surface area (Å²) in [5.41, 5.74) is 7.78. The maximum absolute atomic E-state index is 13.3. The second-order valence-electron chi connectivity index (χ2n) is 5.82. The molecule has 0 aromatic heterocycles. The number of rotatable bonds is 4. The minimum Gasteiger partial charge on any atom is -0.396 e. The molecule has 1 aromatic carbocycles. The molecule has 0 aliphatic carbocycles. The highest BCUT2D eigenvalue weighted by molar-refractivity contribution is 5.35. The number of nitrogens with two attached hydrogens (primary N) is 1. The Hall–Kier alpha value is -0.970. The highest BCUT2D eigenvalue weighted by Crippen LogP contribution is 2.35. The van der Waals surface area contributed by atoms with Gasteiger partial charge in [0.1, 0.15) is 5.82 Å². The Bertz CT molecular complexity index is 434. The van der Waals surface area contributed by atoms with E-state index in [1.54, 1.807) is 6.07 Å². The number of fused-ring (bicyclic) bond motifs is 1. The largest absolute Gasteiger partial charge is 0.396 e. The molecule has 1 aromatic rings. The van der Waals surface area contributed by atoms with Crippen LogP contribution in [-0.4, -0.2) is 29.7 Å². The predicted octanol–water partition coefficient (Wildman–Crippen LogP) is 1.66. The fraction of sp³-hybridized carbons (Fsp3) is 0.571. The molecule has 18 heavy (non-hydrogen) atoms. The Morgan fingerprint density at radius 3 is 2.83 bits per heavy atom. The first kappa shape index (κ1) is 13.5. The van der Waals surface area contributed by atoms with Crippen molar-refractivity contribution >= 4 is 0 Å². The molecule has 0 fully saturated rings. The van der Waals surface area contributed by atoms with Crippen LogP contribution < -0.4 is 5.73 Å². The van der Waals surface area contributed by atoms with Gasteiger partial charge >= 0.3 is 0 Å². The van der Waals surface area contributed by atoms with Crippen LogP contribution in [0.5, 0.6) is 0 Å². The standard InChI is InChI=1S/C14H21FN2O/c1-14(2,9-18)8-17-7-10-3-4-11(15)5-12(10)13(17)6-16/h3-5,13,18H,6-9,16H2,1-2H3. The fourth-order valence-electron chi connectivity index (χ4n) is 2.59. The van der Waals surface area contributed by atoms with Gasteiger partial charge in [-0.1, -0.05) is 19.9 Å². The fourth-order valence-corrected chi connectivity index (χ4v) is 2.59. The first-order chi connectivity index (χ1) is 8.46. The van der Waals surface area contributed by atoms with Crippen LogP contribution in [0.4, 0.5) is 4.39 Å². The van der Waals surface area contributed by atoms with Crippen LogP contribution in [0.15, 0.2) is 18.2 Å². The summed E-state index contributed by atoms with van der Waals surface area (Å²) >= 11 is 0. The Labute approximate surface area is 107 Å². The Kier molecular flexibility index (Phi) is 3.71. The number of hydrogen-bond acceptors (Lipinski definition) is 3. The molecule has 0 spiro atoms. The van der Waals surface area contributed by atoms with Gasteiger partial charge in [0.25, 0.3) is 0 Å². The second-order valence-corrected chi connectivity index (χ2v) is 5.82. The Morgan fingerprint density at radius 2 is 2.22 bits per heavy atom. The van der Waals surface area contributed by atoms with Crippen LogP contribution >= 0.6 is 0 Å². The van der Waals surface area contributed by atoms with E-state index in [2.05, 4.69) is 4.90 Å². The maximum atomic E-state index is 13.3. The molecule has 1 heterocycles. The van der Waals surface area contributed by atoms with Crippen molar-refractivity contribution in [2.45, 2.75) is 26.4 Å². The SMILES string of the molecule is CC(C)(CO)CN1Cc2ccc(F)cc2C1CN. The van der Waals surface area contributed by atoms with Crippen LogP contribution in [0.3, 0.4) is 0 Å². The van der Waals surface area contributed by atoms with Crippen molar-refractivity contribution in [2.75, 3.05) is 19.7 Å². The van der Waals surface area contributed by atoms with E-state index >= 15 is 0 Å². The Balaban J connectivity index is 2.22. The molecule has 1 atom stereocenters. The number of aliphatic hydroxyl groups is 1. The van der Waals surface area contributed by atoms with Crippen LogP contribution in [0.1, 0.15) is 31.0 Å². The zero-order valence-corrected chi connectivity index (χ0v) is 11.0. The third-order valence-corrected chi connectivity index (χ3v) is 3.56. The zero-order valence-electron chi connectivity index (χ0n) is 11.0. The lowest BCUT2D eigenvalue weighted by molar-refractivity contribution is 0.0845. The molecule has 1 unspecified atom stereocenters. The van der Waals surface area contributed by atoms with Gasteiger partial charge in [-0.05, 0) is 23.3 Å². The summed E-state index contributed by atoms with van der Waals surface area (Å²) in [5.74, 6) is -0.213. The minimum atomic E-state index is -0.213. The first-order valence-corrected chi connectivity index (χ1v) is 6.30. The van der Waals surface area contributed by atoms with Crippen molar-refractivity contribution < 1.29 is 9.50 Å². The van der Waals surface area contributed by atoms with E-state index in [4.69, 9.17) is 5.73 Å². The summed E-state index contributed by atoms with van der Waals surface area (Å²) in [6.07, 6.45) is 0. The van der Waals surface area contributed by atoms with Crippen LogP contribution in [0, 0.1) is 11.2 Å². The summed E-state index contributed by atoms with van der Waals surface area (Å²) < 4.78 is 13.3. The molecule has 100 valence electrons. The summed E-state index contributed by atoms with van der Waals surface area (Å²) in [7, 11) is 0. The van der Waals surface area contributed by atoms with Crippen LogP contribution in [-0.2, 0) is 6.54 Å². The van der Waals surface area contributed by atoms with Gasteiger partial charge < -0.3 is 10.8 Å². The molecule has 0 saturated heterocycles. The Morgan fingerprint density at radius 1 is 1.50 bits per heavy atom. The quantitative estimate of drug-likeness (QED) is 0.857. The first-order valence-electron chi connectivity index (χ1n) is 6.30. The second kappa shape index (κ2) is 4.96. The maximum Gasteiger partial charge on any atom is 0.123 e.